The van der Waals surface area contributed by atoms with Crippen LogP contribution in [0, 0.1) is 6.92 Å². The van der Waals surface area contributed by atoms with Gasteiger partial charge in [-0.05, 0) is 68.3 Å². The molecule has 0 amide bonds. The maximum Gasteiger partial charge on any atom is 0.261 e. The van der Waals surface area contributed by atoms with E-state index < -0.39 is 10.0 Å². The first-order chi connectivity index (χ1) is 18.9. The van der Waals surface area contributed by atoms with Crippen LogP contribution in [-0.2, 0) is 21.2 Å². The second-order valence-electron chi connectivity index (χ2n) is 9.66. The molecule has 1 saturated heterocycles. The van der Waals surface area contributed by atoms with E-state index in [2.05, 4.69) is 49.2 Å². The highest BCUT2D eigenvalue weighted by Gasteiger charge is 2.14. The maximum atomic E-state index is 12.6. The summed E-state index contributed by atoms with van der Waals surface area (Å²) in [5.74, 6) is 0.655. The minimum Gasteiger partial charge on any atom is -0.379 e. The van der Waals surface area contributed by atoms with Gasteiger partial charge in [0.1, 0.15) is 12.1 Å². The predicted octanol–water partition coefficient (Wildman–Crippen LogP) is 5.26. The van der Waals surface area contributed by atoms with Crippen molar-refractivity contribution < 1.29 is 13.2 Å². The molecule has 2 heterocycles. The molecule has 0 unspecified atom stereocenters. The lowest BCUT2D eigenvalue weighted by Gasteiger charge is -2.26. The minimum absolute atomic E-state index is 0.227. The number of rotatable bonds is 10. The number of nitrogens with one attached hydrogen (secondary N) is 2. The molecule has 1 fully saturated rings. The molecule has 5 rings (SSSR count). The first kappa shape index (κ1) is 26.8. The lowest BCUT2D eigenvalue weighted by atomic mass is 10.1. The Morgan fingerprint density at radius 2 is 1.56 bits per heavy atom. The molecule has 1 aromatic heterocycles. The van der Waals surface area contributed by atoms with Crippen molar-refractivity contribution in [2.24, 2.45) is 0 Å². The standard InChI is InChI=1S/C30H33N5O3S/c1-23-4-14-28(15-5-23)39(36,37)34-27-12-10-26(11-13-27)33-30-21-29(31-22-32-30)25-8-6-24(7-9-25)3-2-16-35-17-19-38-20-18-35/h4-15,21-22,34H,2-3,16-20H2,1H3,(H,31,32,33). The zero-order valence-electron chi connectivity index (χ0n) is 22.0. The number of hydrogen-bond donors (Lipinski definition) is 2. The zero-order chi connectivity index (χ0) is 27.1. The monoisotopic (exact) mass is 543 g/mol. The van der Waals surface area contributed by atoms with E-state index in [1.807, 2.05) is 13.0 Å². The van der Waals surface area contributed by atoms with Crippen LogP contribution < -0.4 is 10.0 Å². The van der Waals surface area contributed by atoms with Gasteiger partial charge in [-0.3, -0.25) is 9.62 Å². The van der Waals surface area contributed by atoms with Gasteiger partial charge in [0.2, 0.25) is 0 Å². The van der Waals surface area contributed by atoms with E-state index >= 15 is 0 Å². The largest absolute Gasteiger partial charge is 0.379 e. The van der Waals surface area contributed by atoms with Crippen molar-refractivity contribution in [3.8, 4) is 11.3 Å². The summed E-state index contributed by atoms with van der Waals surface area (Å²) in [5, 5.41) is 3.27. The van der Waals surface area contributed by atoms with Crippen molar-refractivity contribution >= 4 is 27.2 Å². The van der Waals surface area contributed by atoms with Crippen molar-refractivity contribution in [2.75, 3.05) is 42.9 Å². The summed E-state index contributed by atoms with van der Waals surface area (Å²) in [6.45, 7) is 6.75. The Labute approximate surface area is 230 Å². The number of ether oxygens (including phenoxy) is 1. The molecule has 8 nitrogen and oxygen atoms in total. The summed E-state index contributed by atoms with van der Waals surface area (Å²) >= 11 is 0. The van der Waals surface area contributed by atoms with E-state index in [0.717, 1.165) is 68.2 Å². The molecule has 0 radical (unpaired) electrons. The SMILES string of the molecule is Cc1ccc(S(=O)(=O)Nc2ccc(Nc3cc(-c4ccc(CCCN5CCOCC5)cc4)ncn3)cc2)cc1. The van der Waals surface area contributed by atoms with E-state index in [1.54, 1.807) is 48.5 Å². The van der Waals surface area contributed by atoms with E-state index in [1.165, 1.54) is 11.9 Å². The van der Waals surface area contributed by atoms with Crippen molar-refractivity contribution in [1.29, 1.82) is 0 Å². The molecule has 2 N–H and O–H groups in total. The van der Waals surface area contributed by atoms with Gasteiger partial charge >= 0.3 is 0 Å². The van der Waals surface area contributed by atoms with Crippen molar-refractivity contribution in [2.45, 2.75) is 24.7 Å². The third-order valence-electron chi connectivity index (χ3n) is 6.70. The normalized spacial score (nSPS) is 14.2. The topological polar surface area (TPSA) is 96.5 Å². The van der Waals surface area contributed by atoms with Gasteiger partial charge in [0.05, 0.1) is 23.8 Å². The molecular formula is C30H33N5O3S. The first-order valence-electron chi connectivity index (χ1n) is 13.1. The van der Waals surface area contributed by atoms with E-state index in [-0.39, 0.29) is 4.90 Å². The number of benzene rings is 3. The molecule has 9 heteroatoms. The number of morpholine rings is 1. The fraction of sp³-hybridized carbons (Fsp3) is 0.267. The van der Waals surface area contributed by atoms with E-state index in [4.69, 9.17) is 4.74 Å². The second kappa shape index (κ2) is 12.4. The molecule has 202 valence electrons. The number of hydrogen-bond acceptors (Lipinski definition) is 7. The Balaban J connectivity index is 1.17. The maximum absolute atomic E-state index is 12.6. The third kappa shape index (κ3) is 7.41. The molecule has 0 aliphatic carbocycles. The first-order valence-corrected chi connectivity index (χ1v) is 14.6. The summed E-state index contributed by atoms with van der Waals surface area (Å²) < 4.78 is 33.3. The quantitative estimate of drug-likeness (QED) is 0.282. The van der Waals surface area contributed by atoms with Crippen LogP contribution in [0.2, 0.25) is 0 Å². The Hall–Kier alpha value is -3.79. The summed E-state index contributed by atoms with van der Waals surface area (Å²) in [4.78, 5) is 11.5. The lowest BCUT2D eigenvalue weighted by Crippen LogP contribution is -2.36. The predicted molar refractivity (Wildman–Crippen MR) is 155 cm³/mol. The molecule has 1 aliphatic rings. The average Bonchev–Trinajstić information content (AvgIpc) is 2.95. The van der Waals surface area contributed by atoms with Crippen LogP contribution in [0.15, 0.2) is 90.1 Å². The molecule has 0 atom stereocenters. The van der Waals surface area contributed by atoms with Gasteiger partial charge < -0.3 is 10.1 Å². The van der Waals surface area contributed by atoms with Gasteiger partial charge in [0.25, 0.3) is 10.0 Å². The van der Waals surface area contributed by atoms with Crippen molar-refractivity contribution in [1.82, 2.24) is 14.9 Å². The third-order valence-corrected chi connectivity index (χ3v) is 8.10. The second-order valence-corrected chi connectivity index (χ2v) is 11.3. The van der Waals surface area contributed by atoms with Gasteiger partial charge in [0.15, 0.2) is 0 Å². The fourth-order valence-electron chi connectivity index (χ4n) is 4.46. The summed E-state index contributed by atoms with van der Waals surface area (Å²) in [6, 6.07) is 24.2. The molecule has 0 bridgehead atoms. The zero-order valence-corrected chi connectivity index (χ0v) is 22.8. The van der Waals surface area contributed by atoms with Crippen LogP contribution in [0.4, 0.5) is 17.2 Å². The fourth-order valence-corrected chi connectivity index (χ4v) is 5.52. The summed E-state index contributed by atoms with van der Waals surface area (Å²) in [6.07, 6.45) is 3.72. The molecule has 39 heavy (non-hydrogen) atoms. The number of anilines is 3. The molecule has 1 aliphatic heterocycles. The number of sulfonamides is 1. The highest BCUT2D eigenvalue weighted by molar-refractivity contribution is 7.92. The smallest absolute Gasteiger partial charge is 0.261 e. The van der Waals surface area contributed by atoms with Crippen LogP contribution in [0.5, 0.6) is 0 Å². The van der Waals surface area contributed by atoms with Gasteiger partial charge in [-0.25, -0.2) is 18.4 Å². The van der Waals surface area contributed by atoms with Gasteiger partial charge in [-0.2, -0.15) is 0 Å². The number of nitrogens with zero attached hydrogens (tertiary/aromatic N) is 3. The molecule has 4 aromatic rings. The number of aromatic nitrogens is 2. The number of aryl methyl sites for hydroxylation is 2. The van der Waals surface area contributed by atoms with Crippen LogP contribution in [0.25, 0.3) is 11.3 Å². The van der Waals surface area contributed by atoms with Crippen molar-refractivity contribution in [3.05, 3.63) is 96.3 Å². The highest BCUT2D eigenvalue weighted by atomic mass is 32.2. The Bertz CT molecular complexity index is 1470. The summed E-state index contributed by atoms with van der Waals surface area (Å²) in [5.41, 5.74) is 5.44. The molecule has 0 spiro atoms. The lowest BCUT2D eigenvalue weighted by molar-refractivity contribution is 0.0375. The van der Waals surface area contributed by atoms with E-state index in [0.29, 0.717) is 11.5 Å². The molecule has 0 saturated carbocycles. The van der Waals surface area contributed by atoms with Crippen LogP contribution in [0.3, 0.4) is 0 Å². The molecular weight excluding hydrogens is 510 g/mol. The Kier molecular flexibility index (Phi) is 8.51. The van der Waals surface area contributed by atoms with Crippen molar-refractivity contribution in [3.63, 3.8) is 0 Å². The van der Waals surface area contributed by atoms with Crippen LogP contribution in [-0.4, -0.2) is 56.1 Å². The Morgan fingerprint density at radius 1 is 0.872 bits per heavy atom. The van der Waals surface area contributed by atoms with Gasteiger partial charge in [-0.15, -0.1) is 0 Å². The average molecular weight is 544 g/mol. The van der Waals surface area contributed by atoms with Gasteiger partial charge in [0, 0.05) is 36.1 Å². The van der Waals surface area contributed by atoms with Crippen LogP contribution >= 0.6 is 0 Å². The van der Waals surface area contributed by atoms with E-state index in [9.17, 15) is 8.42 Å². The summed E-state index contributed by atoms with van der Waals surface area (Å²) in [7, 11) is -3.65. The highest BCUT2D eigenvalue weighted by Crippen LogP contribution is 2.24. The molecule has 3 aromatic carbocycles. The van der Waals surface area contributed by atoms with Crippen LogP contribution in [0.1, 0.15) is 17.5 Å². The van der Waals surface area contributed by atoms with Gasteiger partial charge in [-0.1, -0.05) is 42.0 Å². The Morgan fingerprint density at radius 3 is 2.28 bits per heavy atom. The minimum atomic E-state index is -3.65.